The van der Waals surface area contributed by atoms with E-state index >= 15 is 0 Å². The SMILES string of the molecule is FC(F)(F)CC[C@@H](c1ccc(Cl)cc1)N1CCNCC1. The second-order valence-corrected chi connectivity index (χ2v) is 5.44. The Morgan fingerprint density at radius 3 is 2.30 bits per heavy atom. The fourth-order valence-electron chi connectivity index (χ4n) is 2.54. The maximum Gasteiger partial charge on any atom is 0.389 e. The molecule has 0 bridgehead atoms. The first kappa shape index (κ1) is 15.6. The monoisotopic (exact) mass is 306 g/mol. The smallest absolute Gasteiger partial charge is 0.314 e. The first-order chi connectivity index (χ1) is 9.46. The van der Waals surface area contributed by atoms with Crippen LogP contribution in [0, 0.1) is 0 Å². The summed E-state index contributed by atoms with van der Waals surface area (Å²) < 4.78 is 37.5. The first-order valence-corrected chi connectivity index (χ1v) is 7.10. The number of rotatable bonds is 4. The van der Waals surface area contributed by atoms with Crippen LogP contribution in [0.2, 0.25) is 5.02 Å². The molecule has 1 fully saturated rings. The molecule has 0 spiro atoms. The summed E-state index contributed by atoms with van der Waals surface area (Å²) in [4.78, 5) is 2.12. The van der Waals surface area contributed by atoms with E-state index in [0.29, 0.717) is 5.02 Å². The Kier molecular flexibility index (Phi) is 5.29. The standard InChI is InChI=1S/C14H18ClF3N2/c15-12-3-1-11(2-4-12)13(5-6-14(16,17)18)20-9-7-19-8-10-20/h1-4,13,19H,5-10H2/t13-/m0/s1. The van der Waals surface area contributed by atoms with Crippen molar-refractivity contribution in [1.82, 2.24) is 10.2 Å². The van der Waals surface area contributed by atoms with Crippen LogP contribution in [0.15, 0.2) is 24.3 Å². The van der Waals surface area contributed by atoms with Gasteiger partial charge in [0.25, 0.3) is 0 Å². The van der Waals surface area contributed by atoms with Crippen molar-refractivity contribution in [2.24, 2.45) is 0 Å². The fourth-order valence-corrected chi connectivity index (χ4v) is 2.67. The van der Waals surface area contributed by atoms with Crippen molar-refractivity contribution in [3.8, 4) is 0 Å². The van der Waals surface area contributed by atoms with Gasteiger partial charge in [-0.1, -0.05) is 23.7 Å². The van der Waals surface area contributed by atoms with E-state index in [1.54, 1.807) is 12.1 Å². The second-order valence-electron chi connectivity index (χ2n) is 5.01. The molecule has 0 aromatic heterocycles. The van der Waals surface area contributed by atoms with Crippen molar-refractivity contribution < 1.29 is 13.2 Å². The van der Waals surface area contributed by atoms with Gasteiger partial charge >= 0.3 is 6.18 Å². The van der Waals surface area contributed by atoms with Gasteiger partial charge in [0.2, 0.25) is 0 Å². The molecule has 2 nitrogen and oxygen atoms in total. The van der Waals surface area contributed by atoms with Crippen LogP contribution in [-0.4, -0.2) is 37.3 Å². The minimum absolute atomic E-state index is 0.0884. The Hall–Kier alpha value is -0.780. The number of halogens is 4. The zero-order valence-corrected chi connectivity index (χ0v) is 11.8. The molecule has 1 N–H and O–H groups in total. The average Bonchev–Trinajstić information content (AvgIpc) is 2.41. The van der Waals surface area contributed by atoms with Gasteiger partial charge in [-0.15, -0.1) is 0 Å². The summed E-state index contributed by atoms with van der Waals surface area (Å²) in [6, 6.07) is 6.92. The zero-order valence-electron chi connectivity index (χ0n) is 11.1. The molecule has 0 saturated carbocycles. The van der Waals surface area contributed by atoms with Gasteiger partial charge in [0.05, 0.1) is 0 Å². The predicted octanol–water partition coefficient (Wildman–Crippen LogP) is 3.63. The molecule has 2 rings (SSSR count). The van der Waals surface area contributed by atoms with E-state index in [0.717, 1.165) is 31.7 Å². The largest absolute Gasteiger partial charge is 0.389 e. The highest BCUT2D eigenvalue weighted by Gasteiger charge is 2.31. The minimum Gasteiger partial charge on any atom is -0.314 e. The predicted molar refractivity (Wildman–Crippen MR) is 73.9 cm³/mol. The van der Waals surface area contributed by atoms with Crippen LogP contribution < -0.4 is 5.32 Å². The van der Waals surface area contributed by atoms with Gasteiger partial charge < -0.3 is 5.32 Å². The van der Waals surface area contributed by atoms with Gasteiger partial charge in [0, 0.05) is 43.7 Å². The third-order valence-corrected chi connectivity index (χ3v) is 3.80. The highest BCUT2D eigenvalue weighted by molar-refractivity contribution is 6.30. The zero-order chi connectivity index (χ0) is 14.6. The van der Waals surface area contributed by atoms with Crippen LogP contribution >= 0.6 is 11.6 Å². The molecular formula is C14H18ClF3N2. The molecule has 6 heteroatoms. The lowest BCUT2D eigenvalue weighted by Gasteiger charge is -2.35. The summed E-state index contributed by atoms with van der Waals surface area (Å²) in [5, 5.41) is 3.82. The van der Waals surface area contributed by atoms with Gasteiger partial charge in [-0.25, -0.2) is 0 Å². The molecule has 1 saturated heterocycles. The normalized spacial score (nSPS) is 19.0. The van der Waals surface area contributed by atoms with Crippen LogP contribution in [0.4, 0.5) is 13.2 Å². The minimum atomic E-state index is -4.11. The van der Waals surface area contributed by atoms with Gasteiger partial charge in [-0.2, -0.15) is 13.2 Å². The number of hydrogen-bond acceptors (Lipinski definition) is 2. The third-order valence-electron chi connectivity index (χ3n) is 3.55. The summed E-state index contributed by atoms with van der Waals surface area (Å²) in [5.74, 6) is 0. The van der Waals surface area contributed by atoms with Gasteiger partial charge in [0.1, 0.15) is 0 Å². The van der Waals surface area contributed by atoms with Crippen molar-refractivity contribution in [3.05, 3.63) is 34.9 Å². The molecule has 0 amide bonds. The van der Waals surface area contributed by atoms with Crippen molar-refractivity contribution in [2.45, 2.75) is 25.1 Å². The molecule has 20 heavy (non-hydrogen) atoms. The Labute approximate surface area is 121 Å². The topological polar surface area (TPSA) is 15.3 Å². The van der Waals surface area contributed by atoms with Gasteiger partial charge in [-0.3, -0.25) is 4.90 Å². The van der Waals surface area contributed by atoms with E-state index in [4.69, 9.17) is 11.6 Å². The van der Waals surface area contributed by atoms with Crippen molar-refractivity contribution >= 4 is 11.6 Å². The maximum absolute atomic E-state index is 12.5. The molecule has 0 unspecified atom stereocenters. The van der Waals surface area contributed by atoms with Crippen LogP contribution in [0.25, 0.3) is 0 Å². The fraction of sp³-hybridized carbons (Fsp3) is 0.571. The van der Waals surface area contributed by atoms with Crippen molar-refractivity contribution in [2.75, 3.05) is 26.2 Å². The third kappa shape index (κ3) is 4.65. The Bertz CT molecular complexity index is 413. The molecule has 0 aliphatic carbocycles. The summed E-state index contributed by atoms with van der Waals surface area (Å²) in [7, 11) is 0. The van der Waals surface area contributed by atoms with Gasteiger partial charge in [-0.05, 0) is 24.1 Å². The molecule has 1 aliphatic rings. The highest BCUT2D eigenvalue weighted by atomic mass is 35.5. The lowest BCUT2D eigenvalue weighted by atomic mass is 9.99. The lowest BCUT2D eigenvalue weighted by Crippen LogP contribution is -2.45. The molecular weight excluding hydrogens is 289 g/mol. The van der Waals surface area contributed by atoms with Crippen LogP contribution in [0.5, 0.6) is 0 Å². The number of nitrogens with zero attached hydrogens (tertiary/aromatic N) is 1. The summed E-state index contributed by atoms with van der Waals surface area (Å²) in [5.41, 5.74) is 0.903. The molecule has 1 aromatic carbocycles. The number of alkyl halides is 3. The molecule has 1 atom stereocenters. The van der Waals surface area contributed by atoms with Crippen LogP contribution in [0.3, 0.4) is 0 Å². The first-order valence-electron chi connectivity index (χ1n) is 6.73. The lowest BCUT2D eigenvalue weighted by molar-refractivity contribution is -0.138. The molecule has 112 valence electrons. The van der Waals surface area contributed by atoms with E-state index in [2.05, 4.69) is 10.2 Å². The Morgan fingerprint density at radius 1 is 1.15 bits per heavy atom. The van der Waals surface area contributed by atoms with E-state index in [9.17, 15) is 13.2 Å². The van der Waals surface area contributed by atoms with Crippen LogP contribution in [-0.2, 0) is 0 Å². The van der Waals surface area contributed by atoms with E-state index in [-0.39, 0.29) is 12.5 Å². The van der Waals surface area contributed by atoms with Crippen molar-refractivity contribution in [3.63, 3.8) is 0 Å². The van der Waals surface area contributed by atoms with E-state index in [1.807, 2.05) is 12.1 Å². The molecule has 1 aliphatic heterocycles. The maximum atomic E-state index is 12.5. The molecule has 1 heterocycles. The average molecular weight is 307 g/mol. The summed E-state index contributed by atoms with van der Waals surface area (Å²) in [6.07, 6.45) is -4.78. The number of piperazine rings is 1. The quantitative estimate of drug-likeness (QED) is 0.914. The van der Waals surface area contributed by atoms with E-state index < -0.39 is 12.6 Å². The Balaban J connectivity index is 2.12. The highest BCUT2D eigenvalue weighted by Crippen LogP contribution is 2.32. The number of benzene rings is 1. The summed E-state index contributed by atoms with van der Waals surface area (Å²) >= 11 is 5.85. The van der Waals surface area contributed by atoms with E-state index in [1.165, 1.54) is 0 Å². The molecule has 1 aromatic rings. The van der Waals surface area contributed by atoms with Gasteiger partial charge in [0.15, 0.2) is 0 Å². The second kappa shape index (κ2) is 6.78. The van der Waals surface area contributed by atoms with Crippen molar-refractivity contribution in [1.29, 1.82) is 0 Å². The Morgan fingerprint density at radius 2 is 1.75 bits per heavy atom. The number of hydrogen-bond donors (Lipinski definition) is 1. The van der Waals surface area contributed by atoms with Crippen LogP contribution in [0.1, 0.15) is 24.4 Å². The summed E-state index contributed by atoms with van der Waals surface area (Å²) in [6.45, 7) is 3.17. The molecule has 0 radical (unpaired) electrons. The number of nitrogens with one attached hydrogen (secondary N) is 1.